The van der Waals surface area contributed by atoms with Gasteiger partial charge in [-0.1, -0.05) is 18.2 Å². The number of nitrogens with zero attached hydrogens (tertiary/aromatic N) is 2. The van der Waals surface area contributed by atoms with Gasteiger partial charge in [0.15, 0.2) is 0 Å². The maximum absolute atomic E-state index is 5.78. The van der Waals surface area contributed by atoms with Crippen LogP contribution in [0.3, 0.4) is 0 Å². The molecule has 2 aromatic rings. The van der Waals surface area contributed by atoms with Crippen LogP contribution < -0.4 is 5.73 Å². The molecule has 0 atom stereocenters. The number of para-hydroxylation sites is 1. The molecule has 0 radical (unpaired) electrons. The van der Waals surface area contributed by atoms with Crippen LogP contribution in [0.5, 0.6) is 0 Å². The highest BCUT2D eigenvalue weighted by Gasteiger charge is 2.05. The average molecular weight is 217 g/mol. The van der Waals surface area contributed by atoms with Crippen molar-refractivity contribution in [3.05, 3.63) is 36.0 Å². The van der Waals surface area contributed by atoms with Crippen LogP contribution in [0, 0.1) is 0 Å². The molecule has 0 saturated heterocycles. The van der Waals surface area contributed by atoms with Gasteiger partial charge in [-0.3, -0.25) is 0 Å². The molecule has 0 spiro atoms. The van der Waals surface area contributed by atoms with Crippen molar-refractivity contribution in [3.8, 4) is 0 Å². The highest BCUT2D eigenvalue weighted by atomic mass is 15.1. The third-order valence-electron chi connectivity index (χ3n) is 2.88. The van der Waals surface area contributed by atoms with E-state index < -0.39 is 0 Å². The van der Waals surface area contributed by atoms with E-state index in [1.807, 2.05) is 0 Å². The van der Waals surface area contributed by atoms with Crippen LogP contribution in [-0.4, -0.2) is 30.1 Å². The van der Waals surface area contributed by atoms with Gasteiger partial charge in [0.05, 0.1) is 5.52 Å². The number of aromatic nitrogens is 1. The van der Waals surface area contributed by atoms with Crippen molar-refractivity contribution >= 4 is 10.9 Å². The summed E-state index contributed by atoms with van der Waals surface area (Å²) in [4.78, 5) is 2.19. The smallest absolute Gasteiger partial charge is 0.0526 e. The van der Waals surface area contributed by atoms with Gasteiger partial charge in [0.2, 0.25) is 0 Å². The second-order valence-corrected chi connectivity index (χ2v) is 4.37. The van der Waals surface area contributed by atoms with Gasteiger partial charge in [-0.05, 0) is 31.1 Å². The molecule has 1 heterocycles. The Balaban J connectivity index is 2.38. The van der Waals surface area contributed by atoms with Crippen LogP contribution in [0.25, 0.3) is 10.9 Å². The number of fused-ring (bicyclic) bond motifs is 1. The molecular formula is C13H19N3. The van der Waals surface area contributed by atoms with Crippen LogP contribution in [0.4, 0.5) is 0 Å². The molecule has 0 aliphatic heterocycles. The summed E-state index contributed by atoms with van der Waals surface area (Å²) in [7, 11) is 4.19. The summed E-state index contributed by atoms with van der Waals surface area (Å²) in [6.45, 7) is 2.65. The third-order valence-corrected chi connectivity index (χ3v) is 2.88. The minimum absolute atomic E-state index is 0.601. The molecule has 0 bridgehead atoms. The first-order valence-electron chi connectivity index (χ1n) is 5.64. The first kappa shape index (κ1) is 11.2. The van der Waals surface area contributed by atoms with Crippen LogP contribution in [0.2, 0.25) is 0 Å². The largest absolute Gasteiger partial charge is 0.346 e. The maximum atomic E-state index is 5.78. The van der Waals surface area contributed by atoms with E-state index in [2.05, 4.69) is 54.0 Å². The molecule has 0 fully saturated rings. The molecule has 0 unspecified atom stereocenters. The zero-order chi connectivity index (χ0) is 11.5. The standard InChI is InChI=1S/C13H19N3/c1-15(2)8-9-16-7-6-11-4-3-5-12(10-14)13(11)16/h3-7H,8-10,14H2,1-2H3. The quantitative estimate of drug-likeness (QED) is 0.845. The van der Waals surface area contributed by atoms with E-state index in [1.54, 1.807) is 0 Å². The average Bonchev–Trinajstić information content (AvgIpc) is 2.69. The number of likely N-dealkylation sites (N-methyl/N-ethyl adjacent to an activating group) is 1. The minimum Gasteiger partial charge on any atom is -0.346 e. The van der Waals surface area contributed by atoms with Crippen LogP contribution in [0.15, 0.2) is 30.5 Å². The molecule has 0 saturated carbocycles. The van der Waals surface area contributed by atoms with E-state index in [0.717, 1.165) is 13.1 Å². The molecule has 0 aliphatic rings. The third kappa shape index (κ3) is 2.10. The van der Waals surface area contributed by atoms with E-state index in [0.29, 0.717) is 6.54 Å². The molecular weight excluding hydrogens is 198 g/mol. The van der Waals surface area contributed by atoms with Gasteiger partial charge in [-0.2, -0.15) is 0 Å². The second kappa shape index (κ2) is 4.68. The first-order chi connectivity index (χ1) is 7.72. The van der Waals surface area contributed by atoms with Gasteiger partial charge < -0.3 is 15.2 Å². The van der Waals surface area contributed by atoms with Crippen LogP contribution in [-0.2, 0) is 13.1 Å². The van der Waals surface area contributed by atoms with E-state index in [-0.39, 0.29) is 0 Å². The number of rotatable bonds is 4. The van der Waals surface area contributed by atoms with Crippen molar-refractivity contribution in [2.75, 3.05) is 20.6 Å². The Morgan fingerprint density at radius 1 is 1.25 bits per heavy atom. The zero-order valence-corrected chi connectivity index (χ0v) is 9.98. The van der Waals surface area contributed by atoms with Gasteiger partial charge in [-0.25, -0.2) is 0 Å². The summed E-state index contributed by atoms with van der Waals surface area (Å²) in [6, 6.07) is 8.47. The Morgan fingerprint density at radius 3 is 2.75 bits per heavy atom. The fourth-order valence-electron chi connectivity index (χ4n) is 2.00. The van der Waals surface area contributed by atoms with Crippen LogP contribution in [0.1, 0.15) is 5.56 Å². The van der Waals surface area contributed by atoms with Gasteiger partial charge in [0.25, 0.3) is 0 Å². The van der Waals surface area contributed by atoms with E-state index >= 15 is 0 Å². The van der Waals surface area contributed by atoms with Crippen molar-refractivity contribution in [2.45, 2.75) is 13.1 Å². The molecule has 2 rings (SSSR count). The Bertz CT molecular complexity index is 471. The summed E-state index contributed by atoms with van der Waals surface area (Å²) in [5.74, 6) is 0. The van der Waals surface area contributed by atoms with Gasteiger partial charge in [0.1, 0.15) is 0 Å². The second-order valence-electron chi connectivity index (χ2n) is 4.37. The van der Waals surface area contributed by atoms with Gasteiger partial charge in [0, 0.05) is 25.8 Å². The Hall–Kier alpha value is -1.32. The van der Waals surface area contributed by atoms with Gasteiger partial charge in [-0.15, -0.1) is 0 Å². The predicted octanol–water partition coefficient (Wildman–Crippen LogP) is 1.66. The minimum atomic E-state index is 0.601. The van der Waals surface area contributed by atoms with E-state index in [4.69, 9.17) is 5.73 Å². The molecule has 0 aliphatic carbocycles. The highest BCUT2D eigenvalue weighted by molar-refractivity contribution is 5.83. The normalized spacial score (nSPS) is 11.5. The molecule has 0 amide bonds. The Morgan fingerprint density at radius 2 is 2.06 bits per heavy atom. The lowest BCUT2D eigenvalue weighted by molar-refractivity contribution is 0.387. The number of hydrogen-bond donors (Lipinski definition) is 1. The summed E-state index contributed by atoms with van der Waals surface area (Å²) in [6.07, 6.45) is 2.15. The van der Waals surface area contributed by atoms with Crippen molar-refractivity contribution in [1.29, 1.82) is 0 Å². The topological polar surface area (TPSA) is 34.2 Å². The van der Waals surface area contributed by atoms with Crippen molar-refractivity contribution < 1.29 is 0 Å². The monoisotopic (exact) mass is 217 g/mol. The number of benzene rings is 1. The Kier molecular flexibility index (Phi) is 3.27. The predicted molar refractivity (Wildman–Crippen MR) is 68.4 cm³/mol. The number of nitrogens with two attached hydrogens (primary N) is 1. The molecule has 3 nitrogen and oxygen atoms in total. The lowest BCUT2D eigenvalue weighted by atomic mass is 10.1. The van der Waals surface area contributed by atoms with Crippen molar-refractivity contribution in [1.82, 2.24) is 9.47 Å². The zero-order valence-electron chi connectivity index (χ0n) is 9.98. The van der Waals surface area contributed by atoms with E-state index in [9.17, 15) is 0 Å². The fraction of sp³-hybridized carbons (Fsp3) is 0.385. The highest BCUT2D eigenvalue weighted by Crippen LogP contribution is 2.19. The summed E-state index contributed by atoms with van der Waals surface area (Å²) in [5, 5.41) is 1.28. The lowest BCUT2D eigenvalue weighted by Crippen LogP contribution is -2.18. The molecule has 86 valence electrons. The molecule has 1 aromatic carbocycles. The number of hydrogen-bond acceptors (Lipinski definition) is 2. The summed E-state index contributed by atoms with van der Waals surface area (Å²) >= 11 is 0. The van der Waals surface area contributed by atoms with Crippen LogP contribution >= 0.6 is 0 Å². The Labute approximate surface area is 96.5 Å². The molecule has 3 heteroatoms. The molecule has 1 aromatic heterocycles. The van der Waals surface area contributed by atoms with Crippen molar-refractivity contribution in [3.63, 3.8) is 0 Å². The van der Waals surface area contributed by atoms with E-state index in [1.165, 1.54) is 16.5 Å². The van der Waals surface area contributed by atoms with Crippen molar-refractivity contribution in [2.24, 2.45) is 5.73 Å². The summed E-state index contributed by atoms with van der Waals surface area (Å²) in [5.41, 5.74) is 8.28. The molecule has 2 N–H and O–H groups in total. The first-order valence-corrected chi connectivity index (χ1v) is 5.64. The summed E-state index contributed by atoms with van der Waals surface area (Å²) < 4.78 is 2.29. The SMILES string of the molecule is CN(C)CCn1ccc2cccc(CN)c21. The lowest BCUT2D eigenvalue weighted by Gasteiger charge is -2.12. The van der Waals surface area contributed by atoms with Gasteiger partial charge >= 0.3 is 0 Å². The maximum Gasteiger partial charge on any atom is 0.0526 e. The fourth-order valence-corrected chi connectivity index (χ4v) is 2.00. The molecule has 16 heavy (non-hydrogen) atoms.